The Kier molecular flexibility index (Phi) is 5.11. The number of benzene rings is 1. The molecule has 120 valence electrons. The highest BCUT2D eigenvalue weighted by Gasteiger charge is 2.24. The summed E-state index contributed by atoms with van der Waals surface area (Å²) in [4.78, 5) is 12.1. The third-order valence-electron chi connectivity index (χ3n) is 4.69. The number of aryl methyl sites for hydroxylation is 1. The maximum Gasteiger partial charge on any atom is 0.222 e. The molecule has 0 radical (unpaired) electrons. The Morgan fingerprint density at radius 1 is 1.32 bits per heavy atom. The van der Waals surface area contributed by atoms with Crippen LogP contribution in [0.1, 0.15) is 48.4 Å². The van der Waals surface area contributed by atoms with Gasteiger partial charge in [0.25, 0.3) is 0 Å². The molecule has 1 aliphatic heterocycles. The van der Waals surface area contributed by atoms with Crippen LogP contribution >= 0.6 is 0 Å². The van der Waals surface area contributed by atoms with E-state index in [-0.39, 0.29) is 18.1 Å². The van der Waals surface area contributed by atoms with Crippen LogP contribution in [0.3, 0.4) is 0 Å². The molecule has 0 saturated carbocycles. The first-order chi connectivity index (χ1) is 10.7. The van der Waals surface area contributed by atoms with Crippen molar-refractivity contribution in [3.63, 3.8) is 0 Å². The van der Waals surface area contributed by atoms with Crippen molar-refractivity contribution in [3.05, 3.63) is 34.9 Å². The zero-order valence-electron chi connectivity index (χ0n) is 13.3. The third kappa shape index (κ3) is 3.68. The van der Waals surface area contributed by atoms with E-state index < -0.39 is 0 Å². The molecule has 0 aromatic heterocycles. The van der Waals surface area contributed by atoms with Crippen molar-refractivity contribution in [1.29, 1.82) is 0 Å². The van der Waals surface area contributed by atoms with Crippen LogP contribution in [0.15, 0.2) is 18.2 Å². The van der Waals surface area contributed by atoms with Crippen LogP contribution in [0, 0.1) is 6.92 Å². The number of fused-ring (bicyclic) bond motifs is 1. The monoisotopic (exact) mass is 303 g/mol. The number of ether oxygens (including phenoxy) is 2. The Morgan fingerprint density at radius 3 is 2.95 bits per heavy atom. The van der Waals surface area contributed by atoms with E-state index in [1.54, 1.807) is 0 Å². The minimum Gasteiger partial charge on any atom is -0.381 e. The van der Waals surface area contributed by atoms with Crippen molar-refractivity contribution >= 4 is 5.91 Å². The maximum absolute atomic E-state index is 12.1. The lowest BCUT2D eigenvalue weighted by atomic mass is 10.0. The van der Waals surface area contributed by atoms with Crippen molar-refractivity contribution in [1.82, 2.24) is 5.32 Å². The lowest BCUT2D eigenvalue weighted by molar-refractivity contribution is -0.123. The predicted molar refractivity (Wildman–Crippen MR) is 84.8 cm³/mol. The van der Waals surface area contributed by atoms with E-state index in [0.29, 0.717) is 13.0 Å². The number of amides is 1. The lowest BCUT2D eigenvalue weighted by Gasteiger charge is -2.22. The fourth-order valence-corrected chi connectivity index (χ4v) is 3.41. The van der Waals surface area contributed by atoms with Gasteiger partial charge in [-0.05, 0) is 49.3 Å². The van der Waals surface area contributed by atoms with E-state index in [0.717, 1.165) is 38.9 Å². The van der Waals surface area contributed by atoms with Crippen LogP contribution in [-0.4, -0.2) is 31.8 Å². The molecular weight excluding hydrogens is 278 g/mol. The van der Waals surface area contributed by atoms with E-state index >= 15 is 0 Å². The average Bonchev–Trinajstić information content (AvgIpc) is 2.93. The summed E-state index contributed by atoms with van der Waals surface area (Å²) in [5.74, 6) is 0.0893. The first kappa shape index (κ1) is 15.5. The number of nitrogens with one attached hydrogen (secondary N) is 1. The summed E-state index contributed by atoms with van der Waals surface area (Å²) in [6.45, 7) is 4.19. The third-order valence-corrected chi connectivity index (χ3v) is 4.69. The molecule has 1 aliphatic carbocycles. The van der Waals surface area contributed by atoms with Gasteiger partial charge >= 0.3 is 0 Å². The van der Waals surface area contributed by atoms with Gasteiger partial charge in [-0.2, -0.15) is 0 Å². The lowest BCUT2D eigenvalue weighted by Crippen LogP contribution is -2.29. The maximum atomic E-state index is 12.1. The molecule has 1 N–H and O–H groups in total. The summed E-state index contributed by atoms with van der Waals surface area (Å²) in [6, 6.07) is 6.53. The van der Waals surface area contributed by atoms with Crippen LogP contribution in [0.5, 0.6) is 0 Å². The average molecular weight is 303 g/mol. The molecule has 22 heavy (non-hydrogen) atoms. The fourth-order valence-electron chi connectivity index (χ4n) is 3.41. The second-order valence-electron chi connectivity index (χ2n) is 6.23. The van der Waals surface area contributed by atoms with Crippen molar-refractivity contribution < 1.29 is 14.3 Å². The quantitative estimate of drug-likeness (QED) is 0.910. The van der Waals surface area contributed by atoms with Gasteiger partial charge in [-0.1, -0.05) is 18.2 Å². The molecule has 1 atom stereocenters. The second kappa shape index (κ2) is 7.25. The number of rotatable bonds is 5. The molecule has 1 fully saturated rings. The predicted octanol–water partition coefficient (Wildman–Crippen LogP) is 2.68. The van der Waals surface area contributed by atoms with Crippen LogP contribution in [-0.2, 0) is 20.7 Å². The zero-order chi connectivity index (χ0) is 15.4. The number of hydrogen-bond acceptors (Lipinski definition) is 3. The molecule has 0 spiro atoms. The summed E-state index contributed by atoms with van der Waals surface area (Å²) >= 11 is 0. The van der Waals surface area contributed by atoms with Gasteiger partial charge in [-0.15, -0.1) is 0 Å². The van der Waals surface area contributed by atoms with Gasteiger partial charge in [0.15, 0.2) is 0 Å². The molecule has 1 aromatic rings. The number of carbonyl (C=O) groups is 1. The topological polar surface area (TPSA) is 47.6 Å². The smallest absolute Gasteiger partial charge is 0.222 e. The minimum atomic E-state index is 0.0893. The molecular formula is C18H25NO3. The van der Waals surface area contributed by atoms with Crippen molar-refractivity contribution in [2.45, 2.75) is 51.2 Å². The molecule has 1 saturated heterocycles. The fraction of sp³-hybridized carbons (Fsp3) is 0.611. The molecule has 1 heterocycles. The molecule has 1 unspecified atom stereocenters. The van der Waals surface area contributed by atoms with Gasteiger partial charge in [0, 0.05) is 19.6 Å². The first-order valence-corrected chi connectivity index (χ1v) is 8.31. The summed E-state index contributed by atoms with van der Waals surface area (Å²) in [5, 5.41) is 3.16. The number of hydrogen-bond donors (Lipinski definition) is 1. The van der Waals surface area contributed by atoms with Gasteiger partial charge in [-0.3, -0.25) is 4.79 Å². The van der Waals surface area contributed by atoms with E-state index in [4.69, 9.17) is 9.47 Å². The molecule has 4 nitrogen and oxygen atoms in total. The van der Waals surface area contributed by atoms with E-state index in [9.17, 15) is 4.79 Å². The highest BCUT2D eigenvalue weighted by molar-refractivity contribution is 5.76. The molecule has 1 aromatic carbocycles. The van der Waals surface area contributed by atoms with Gasteiger partial charge in [0.1, 0.15) is 0 Å². The van der Waals surface area contributed by atoms with Crippen LogP contribution in [0.25, 0.3) is 0 Å². The van der Waals surface area contributed by atoms with E-state index in [1.165, 1.54) is 16.7 Å². The Morgan fingerprint density at radius 2 is 2.14 bits per heavy atom. The molecule has 1 amide bonds. The van der Waals surface area contributed by atoms with Gasteiger partial charge in [0.05, 0.1) is 18.8 Å². The van der Waals surface area contributed by atoms with E-state index in [1.807, 2.05) is 0 Å². The summed E-state index contributed by atoms with van der Waals surface area (Å²) < 4.78 is 11.1. The van der Waals surface area contributed by atoms with Crippen LogP contribution in [0.2, 0.25) is 0 Å². The standard InChI is InChI=1S/C18H25NO3/c1-13-3-2-4-16-15(13)5-6-17(16)19-18(20)9-12-22-14-7-10-21-11-8-14/h2-4,14,17H,5-12H2,1H3,(H,19,20). The normalized spacial score (nSPS) is 21.6. The van der Waals surface area contributed by atoms with Gasteiger partial charge in [0.2, 0.25) is 5.91 Å². The Hall–Kier alpha value is -1.39. The minimum absolute atomic E-state index is 0.0893. The second-order valence-corrected chi connectivity index (χ2v) is 6.23. The molecule has 4 heteroatoms. The molecule has 0 bridgehead atoms. The number of carbonyl (C=O) groups excluding carboxylic acids is 1. The largest absolute Gasteiger partial charge is 0.381 e. The summed E-state index contributed by atoms with van der Waals surface area (Å²) in [6.07, 6.45) is 4.65. The highest BCUT2D eigenvalue weighted by Crippen LogP contribution is 2.32. The van der Waals surface area contributed by atoms with Crippen molar-refractivity contribution in [3.8, 4) is 0 Å². The van der Waals surface area contributed by atoms with Crippen LogP contribution < -0.4 is 5.32 Å². The Bertz CT molecular complexity index is 523. The van der Waals surface area contributed by atoms with Gasteiger partial charge in [-0.25, -0.2) is 0 Å². The first-order valence-electron chi connectivity index (χ1n) is 8.31. The SMILES string of the molecule is Cc1cccc2c1CCC2NC(=O)CCOC1CCOCC1. The molecule has 2 aliphatic rings. The Labute approximate surface area is 132 Å². The summed E-state index contributed by atoms with van der Waals surface area (Å²) in [5.41, 5.74) is 4.03. The van der Waals surface area contributed by atoms with E-state index in [2.05, 4.69) is 30.4 Å². The van der Waals surface area contributed by atoms with Crippen molar-refractivity contribution in [2.75, 3.05) is 19.8 Å². The zero-order valence-corrected chi connectivity index (χ0v) is 13.3. The van der Waals surface area contributed by atoms with Crippen molar-refractivity contribution in [2.24, 2.45) is 0 Å². The van der Waals surface area contributed by atoms with Gasteiger partial charge < -0.3 is 14.8 Å². The highest BCUT2D eigenvalue weighted by atomic mass is 16.5. The Balaban J connectivity index is 1.44. The summed E-state index contributed by atoms with van der Waals surface area (Å²) in [7, 11) is 0. The molecule has 3 rings (SSSR count). The van der Waals surface area contributed by atoms with Crippen LogP contribution in [0.4, 0.5) is 0 Å².